The van der Waals surface area contributed by atoms with E-state index >= 15 is 0 Å². The van der Waals surface area contributed by atoms with Gasteiger partial charge >= 0.3 is 0 Å². The summed E-state index contributed by atoms with van der Waals surface area (Å²) in [6.07, 6.45) is 22.2. The van der Waals surface area contributed by atoms with E-state index in [1.807, 2.05) is 50.3 Å². The van der Waals surface area contributed by atoms with Crippen LogP contribution < -0.4 is 5.32 Å². The number of carbonyl (C=O) groups is 1. The molecule has 192 valence electrons. The molecule has 0 saturated carbocycles. The molecule has 36 heavy (non-hydrogen) atoms. The second-order valence-corrected chi connectivity index (χ2v) is 8.38. The summed E-state index contributed by atoms with van der Waals surface area (Å²) in [5.74, 6) is -0.0893. The molecule has 0 saturated heterocycles. The highest BCUT2D eigenvalue weighted by Crippen LogP contribution is 2.26. The molecule has 1 aliphatic rings. The zero-order valence-electron chi connectivity index (χ0n) is 22.6. The average molecular weight is 489 g/mol. The largest absolute Gasteiger partial charge is 0.381 e. The summed E-state index contributed by atoms with van der Waals surface area (Å²) in [4.78, 5) is 17.6. The highest BCUT2D eigenvalue weighted by molar-refractivity contribution is 6.04. The fourth-order valence-electron chi connectivity index (χ4n) is 3.88. The van der Waals surface area contributed by atoms with Crippen molar-refractivity contribution in [1.82, 2.24) is 5.32 Å². The van der Waals surface area contributed by atoms with Crippen molar-refractivity contribution in [3.05, 3.63) is 88.1 Å². The van der Waals surface area contributed by atoms with Gasteiger partial charge in [-0.05, 0) is 81.0 Å². The molecule has 1 N–H and O–H groups in total. The maximum absolute atomic E-state index is 12.7. The third-order valence-electron chi connectivity index (χ3n) is 5.63. The number of rotatable bonds is 11. The van der Waals surface area contributed by atoms with Crippen LogP contribution in [0.1, 0.15) is 49.5 Å². The van der Waals surface area contributed by atoms with Gasteiger partial charge in [-0.3, -0.25) is 9.79 Å². The Labute approximate surface area is 217 Å². The lowest BCUT2D eigenvalue weighted by Crippen LogP contribution is -2.24. The molecule has 1 amide bonds. The van der Waals surface area contributed by atoms with Crippen LogP contribution in [-0.2, 0) is 9.47 Å². The number of benzene rings is 1. The molecule has 0 atom stereocenters. The van der Waals surface area contributed by atoms with E-state index in [1.54, 1.807) is 14.2 Å². The van der Waals surface area contributed by atoms with Gasteiger partial charge in [0.15, 0.2) is 0 Å². The monoisotopic (exact) mass is 488 g/mol. The van der Waals surface area contributed by atoms with Gasteiger partial charge in [-0.15, -0.1) is 12.8 Å². The van der Waals surface area contributed by atoms with Crippen LogP contribution in [0.4, 0.5) is 5.69 Å². The Morgan fingerprint density at radius 2 is 1.86 bits per heavy atom. The summed E-state index contributed by atoms with van der Waals surface area (Å²) in [7, 11) is 3.32. The minimum Gasteiger partial charge on any atom is -0.381 e. The smallest absolute Gasteiger partial charge is 0.251 e. The van der Waals surface area contributed by atoms with Gasteiger partial charge in [0, 0.05) is 37.6 Å². The quantitative estimate of drug-likeness (QED) is 0.221. The van der Waals surface area contributed by atoms with E-state index in [9.17, 15) is 4.79 Å². The fourth-order valence-corrected chi connectivity index (χ4v) is 3.88. The summed E-state index contributed by atoms with van der Waals surface area (Å²) in [6.45, 7) is 9.91. The lowest BCUT2D eigenvalue weighted by molar-refractivity contribution is 0.0954. The Morgan fingerprint density at radius 1 is 1.14 bits per heavy atom. The Balaban J connectivity index is 0.00000316. The van der Waals surface area contributed by atoms with E-state index in [-0.39, 0.29) is 5.91 Å². The number of ether oxygens (including phenoxy) is 2. The van der Waals surface area contributed by atoms with Crippen LogP contribution in [-0.4, -0.2) is 45.6 Å². The normalized spacial score (nSPS) is 14.3. The molecule has 1 aromatic rings. The summed E-state index contributed by atoms with van der Waals surface area (Å²) >= 11 is 0. The first-order valence-electron chi connectivity index (χ1n) is 12.0. The second kappa shape index (κ2) is 17.0. The van der Waals surface area contributed by atoms with E-state index in [4.69, 9.17) is 14.5 Å². The molecule has 0 bridgehead atoms. The van der Waals surface area contributed by atoms with Crippen LogP contribution in [0.15, 0.2) is 81.9 Å². The van der Waals surface area contributed by atoms with Gasteiger partial charge in [0.1, 0.15) is 0 Å². The molecule has 0 heterocycles. The van der Waals surface area contributed by atoms with Gasteiger partial charge in [-0.1, -0.05) is 36.5 Å². The molecule has 0 aromatic heterocycles. The van der Waals surface area contributed by atoms with Crippen molar-refractivity contribution in [3.63, 3.8) is 0 Å². The minimum absolute atomic E-state index is 0.0893. The van der Waals surface area contributed by atoms with Gasteiger partial charge in [0.25, 0.3) is 5.91 Å². The summed E-state index contributed by atoms with van der Waals surface area (Å²) < 4.78 is 10.2. The molecule has 5 nitrogen and oxygen atoms in total. The molecular formula is C31H40N2O3. The minimum atomic E-state index is -0.0893. The van der Waals surface area contributed by atoms with Crippen molar-refractivity contribution in [1.29, 1.82) is 0 Å². The van der Waals surface area contributed by atoms with Crippen LogP contribution in [0, 0.1) is 19.8 Å². The average Bonchev–Trinajstić information content (AvgIpc) is 3.04. The Kier molecular flexibility index (Phi) is 14.5. The number of hydrogen-bond donors (Lipinski definition) is 1. The SMILES string of the molecule is C#C.COC/C=C\C(=C/COC)CCNC(=O)c1ccc(N=C(C)C2=C(C)C=CCC=C2C)c(C)c1. The van der Waals surface area contributed by atoms with Gasteiger partial charge < -0.3 is 14.8 Å². The number of carbonyl (C=O) groups excluding carboxylic acids is 1. The van der Waals surface area contributed by atoms with Crippen LogP contribution in [0.2, 0.25) is 0 Å². The first-order chi connectivity index (χ1) is 17.4. The second-order valence-electron chi connectivity index (χ2n) is 8.38. The van der Waals surface area contributed by atoms with E-state index in [2.05, 4.69) is 50.2 Å². The fraction of sp³-hybridized carbons (Fsp3) is 0.355. The van der Waals surface area contributed by atoms with E-state index in [0.29, 0.717) is 31.7 Å². The number of hydrogen-bond acceptors (Lipinski definition) is 4. The maximum Gasteiger partial charge on any atom is 0.251 e. The number of methoxy groups -OCH3 is 2. The van der Waals surface area contributed by atoms with Crippen molar-refractivity contribution < 1.29 is 14.3 Å². The Bertz CT molecular complexity index is 1080. The predicted molar refractivity (Wildman–Crippen MR) is 152 cm³/mol. The van der Waals surface area contributed by atoms with Crippen molar-refractivity contribution in [3.8, 4) is 12.8 Å². The molecule has 0 unspecified atom stereocenters. The third kappa shape index (κ3) is 10.0. The summed E-state index contributed by atoms with van der Waals surface area (Å²) in [5.41, 5.74) is 8.21. The van der Waals surface area contributed by atoms with Crippen molar-refractivity contribution in [2.24, 2.45) is 4.99 Å². The van der Waals surface area contributed by atoms with Crippen LogP contribution >= 0.6 is 0 Å². The number of nitrogens with one attached hydrogen (secondary N) is 1. The topological polar surface area (TPSA) is 59.9 Å². The first kappa shape index (κ1) is 30.6. The number of nitrogens with zero attached hydrogens (tertiary/aromatic N) is 1. The number of aliphatic imine (C=N–C) groups is 1. The predicted octanol–water partition coefficient (Wildman–Crippen LogP) is 6.45. The molecule has 1 aromatic carbocycles. The number of allylic oxidation sites excluding steroid dienone is 7. The summed E-state index contributed by atoms with van der Waals surface area (Å²) in [6, 6.07) is 5.66. The Morgan fingerprint density at radius 3 is 2.53 bits per heavy atom. The standard InChI is InChI=1S/C29H38N2O3.C2H2/c1-21-10-7-8-11-22(2)28(21)24(4)31-27-14-13-26(20-23(27)3)29(32)30-17-15-25(16-19-34-6)12-9-18-33-5;1-2/h7,9-14,16,20H,8,15,17-19H2,1-6H3,(H,30,32);1-2H/b12-9-,25-16+,31-24?;. The lowest BCUT2D eigenvalue weighted by Gasteiger charge is -2.12. The van der Waals surface area contributed by atoms with Gasteiger partial charge in [-0.2, -0.15) is 0 Å². The van der Waals surface area contributed by atoms with Gasteiger partial charge in [0.05, 0.1) is 18.9 Å². The highest BCUT2D eigenvalue weighted by atomic mass is 16.5. The zero-order valence-corrected chi connectivity index (χ0v) is 22.6. The van der Waals surface area contributed by atoms with E-state index in [1.165, 1.54) is 16.7 Å². The van der Waals surface area contributed by atoms with Crippen molar-refractivity contribution in [2.45, 2.75) is 40.5 Å². The first-order valence-corrected chi connectivity index (χ1v) is 12.0. The lowest BCUT2D eigenvalue weighted by atomic mass is 9.98. The number of amides is 1. The third-order valence-corrected chi connectivity index (χ3v) is 5.63. The van der Waals surface area contributed by atoms with E-state index < -0.39 is 0 Å². The number of terminal acetylenes is 1. The molecule has 0 spiro atoms. The molecule has 0 radical (unpaired) electrons. The molecule has 0 fully saturated rings. The molecule has 2 rings (SSSR count). The summed E-state index contributed by atoms with van der Waals surface area (Å²) in [5, 5.41) is 3.01. The zero-order chi connectivity index (χ0) is 26.9. The highest BCUT2D eigenvalue weighted by Gasteiger charge is 2.12. The molecular weight excluding hydrogens is 448 g/mol. The maximum atomic E-state index is 12.7. The Hall–Kier alpha value is -3.46. The van der Waals surface area contributed by atoms with Gasteiger partial charge in [-0.25, -0.2) is 0 Å². The van der Waals surface area contributed by atoms with Crippen molar-refractivity contribution in [2.75, 3.05) is 34.0 Å². The van der Waals surface area contributed by atoms with Crippen LogP contribution in [0.25, 0.3) is 0 Å². The van der Waals surface area contributed by atoms with Crippen LogP contribution in [0.5, 0.6) is 0 Å². The molecule has 1 aliphatic carbocycles. The van der Waals surface area contributed by atoms with Gasteiger partial charge in [0.2, 0.25) is 0 Å². The van der Waals surface area contributed by atoms with E-state index in [0.717, 1.165) is 29.0 Å². The number of aryl methyl sites for hydroxylation is 1. The van der Waals surface area contributed by atoms with Crippen LogP contribution in [0.3, 0.4) is 0 Å². The molecule has 0 aliphatic heterocycles. The van der Waals surface area contributed by atoms with Crippen molar-refractivity contribution >= 4 is 17.3 Å². The molecule has 5 heteroatoms.